The normalized spacial score (nSPS) is 19.5. The largest absolute Gasteiger partial charge is 0.477 e. The number of hydrogen-bond donors (Lipinski definition) is 5. The van der Waals surface area contributed by atoms with E-state index in [1.54, 1.807) is 91.0 Å². The van der Waals surface area contributed by atoms with Gasteiger partial charge in [-0.1, -0.05) is 103 Å². The molecular formula is C31H28ClN5O6S. The summed E-state index contributed by atoms with van der Waals surface area (Å²) in [5.74, 6) is -3.80. The number of nitrogens with zero attached hydrogens (tertiary/aromatic N) is 1. The molecular weight excluding hydrogens is 606 g/mol. The average Bonchev–Trinajstić information content (AvgIpc) is 3.05. The first-order valence-electron chi connectivity index (χ1n) is 13.6. The van der Waals surface area contributed by atoms with Gasteiger partial charge in [0.05, 0.1) is 5.03 Å². The smallest absolute Gasteiger partial charge is 0.353 e. The molecule has 6 N–H and O–H groups in total. The zero-order chi connectivity index (χ0) is 31.4. The second kappa shape index (κ2) is 13.3. The highest BCUT2D eigenvalue weighted by atomic mass is 35.5. The predicted molar refractivity (Wildman–Crippen MR) is 164 cm³/mol. The summed E-state index contributed by atoms with van der Waals surface area (Å²) >= 11 is 7.28. The standard InChI is InChI=1S/C31H28ClN5O6S/c32-20-16-44-30-24(29(41)37(30)25(20)31(42)43)36-28(40)23(19-14-8-3-9-15-19)35-27(39)22(18-12-6-2-7-13-18)34-26(38)21(33)17-10-4-1-5-11-17/h1-15,21-24,30H,16,33H2,(H,34,38)(H,35,39)(H,36,40)(H,42,43). The Hall–Kier alpha value is -4.65. The number of nitrogens with two attached hydrogens (primary N) is 1. The first-order valence-corrected chi connectivity index (χ1v) is 15.0. The van der Waals surface area contributed by atoms with Crippen molar-refractivity contribution in [2.75, 3.05) is 5.75 Å². The summed E-state index contributed by atoms with van der Waals surface area (Å²) in [5.41, 5.74) is 7.32. The topological polar surface area (TPSA) is 171 Å². The van der Waals surface area contributed by atoms with E-state index in [4.69, 9.17) is 17.3 Å². The van der Waals surface area contributed by atoms with Gasteiger partial charge in [0, 0.05) is 5.75 Å². The predicted octanol–water partition coefficient (Wildman–Crippen LogP) is 2.34. The molecule has 0 saturated carbocycles. The summed E-state index contributed by atoms with van der Waals surface area (Å²) < 4.78 is 0. The van der Waals surface area contributed by atoms with E-state index in [-0.39, 0.29) is 16.5 Å². The second-order valence-electron chi connectivity index (χ2n) is 10.0. The minimum atomic E-state index is -1.34. The van der Waals surface area contributed by atoms with Crippen LogP contribution in [0.5, 0.6) is 0 Å². The SMILES string of the molecule is NC(C(=O)NC(C(=O)NC(C(=O)NC1C(=O)N2C(C(=O)O)=C(Cl)CSC12)c1ccccc1)c1ccccc1)c1ccccc1. The number of carbonyl (C=O) groups is 5. The van der Waals surface area contributed by atoms with Crippen molar-refractivity contribution in [3.05, 3.63) is 118 Å². The van der Waals surface area contributed by atoms with Crippen LogP contribution in [-0.2, 0) is 24.0 Å². The molecule has 44 heavy (non-hydrogen) atoms. The number of benzene rings is 3. The van der Waals surface area contributed by atoms with Gasteiger partial charge in [0.2, 0.25) is 17.7 Å². The van der Waals surface area contributed by atoms with Gasteiger partial charge in [0.25, 0.3) is 5.91 Å². The van der Waals surface area contributed by atoms with Crippen molar-refractivity contribution in [1.29, 1.82) is 0 Å². The lowest BCUT2D eigenvalue weighted by Gasteiger charge is -2.49. The van der Waals surface area contributed by atoms with E-state index in [0.717, 1.165) is 4.90 Å². The maximum atomic E-state index is 13.8. The van der Waals surface area contributed by atoms with Crippen LogP contribution in [0.4, 0.5) is 0 Å². The van der Waals surface area contributed by atoms with E-state index >= 15 is 0 Å². The number of β-lactam (4-membered cyclic amide) rings is 1. The van der Waals surface area contributed by atoms with Gasteiger partial charge in [0.1, 0.15) is 35.2 Å². The lowest BCUT2D eigenvalue weighted by Crippen LogP contribution is -2.71. The van der Waals surface area contributed by atoms with Crippen molar-refractivity contribution in [2.24, 2.45) is 5.73 Å². The Kier molecular flexibility index (Phi) is 9.33. The van der Waals surface area contributed by atoms with E-state index in [0.29, 0.717) is 16.7 Å². The van der Waals surface area contributed by atoms with Gasteiger partial charge in [0.15, 0.2) is 0 Å². The Labute approximate surface area is 261 Å². The van der Waals surface area contributed by atoms with Crippen molar-refractivity contribution < 1.29 is 29.1 Å². The van der Waals surface area contributed by atoms with Crippen LogP contribution in [0.1, 0.15) is 34.8 Å². The number of fused-ring (bicyclic) bond motifs is 1. The Morgan fingerprint density at radius 1 is 0.795 bits per heavy atom. The number of rotatable bonds is 10. The van der Waals surface area contributed by atoms with Gasteiger partial charge in [-0.15, -0.1) is 11.8 Å². The highest BCUT2D eigenvalue weighted by Crippen LogP contribution is 2.41. The zero-order valence-electron chi connectivity index (χ0n) is 23.1. The number of aliphatic carboxylic acids is 1. The van der Waals surface area contributed by atoms with Gasteiger partial charge in [-0.2, -0.15) is 0 Å². The maximum absolute atomic E-state index is 13.8. The van der Waals surface area contributed by atoms with Crippen molar-refractivity contribution >= 4 is 53.0 Å². The molecule has 3 aromatic rings. The molecule has 5 atom stereocenters. The second-order valence-corrected chi connectivity index (χ2v) is 11.6. The molecule has 5 unspecified atom stereocenters. The summed E-state index contributed by atoms with van der Waals surface area (Å²) in [6.45, 7) is 0. The molecule has 0 aromatic heterocycles. The van der Waals surface area contributed by atoms with Crippen LogP contribution in [-0.4, -0.2) is 56.8 Å². The number of hydrogen-bond acceptors (Lipinski definition) is 7. The van der Waals surface area contributed by atoms with Crippen LogP contribution < -0.4 is 21.7 Å². The Bertz CT molecular complexity index is 1610. The van der Waals surface area contributed by atoms with E-state index < -0.39 is 59.1 Å². The fraction of sp³-hybridized carbons (Fsp3) is 0.194. The van der Waals surface area contributed by atoms with Crippen LogP contribution in [0, 0.1) is 0 Å². The third-order valence-electron chi connectivity index (χ3n) is 7.23. The number of thioether (sulfide) groups is 1. The van der Waals surface area contributed by atoms with Gasteiger partial charge >= 0.3 is 5.97 Å². The Balaban J connectivity index is 1.37. The monoisotopic (exact) mass is 633 g/mol. The van der Waals surface area contributed by atoms with Crippen LogP contribution >= 0.6 is 23.4 Å². The molecule has 2 aliphatic rings. The Morgan fingerprint density at radius 3 is 1.80 bits per heavy atom. The van der Waals surface area contributed by atoms with Gasteiger partial charge < -0.3 is 26.8 Å². The molecule has 1 saturated heterocycles. The third-order valence-corrected chi connectivity index (χ3v) is 8.98. The van der Waals surface area contributed by atoms with Crippen molar-refractivity contribution in [3.8, 4) is 0 Å². The Morgan fingerprint density at radius 2 is 1.27 bits per heavy atom. The molecule has 0 bridgehead atoms. The fourth-order valence-corrected chi connectivity index (χ4v) is 6.53. The highest BCUT2D eigenvalue weighted by Gasteiger charge is 2.54. The number of carbonyl (C=O) groups excluding carboxylic acids is 4. The van der Waals surface area contributed by atoms with E-state index in [2.05, 4.69) is 16.0 Å². The fourth-order valence-electron chi connectivity index (χ4n) is 4.98. The van der Waals surface area contributed by atoms with E-state index in [9.17, 15) is 29.1 Å². The van der Waals surface area contributed by atoms with Crippen molar-refractivity contribution in [2.45, 2.75) is 29.5 Å². The molecule has 2 heterocycles. The molecule has 5 rings (SSSR count). The molecule has 226 valence electrons. The average molecular weight is 634 g/mol. The lowest BCUT2D eigenvalue weighted by atomic mass is 10.00. The van der Waals surface area contributed by atoms with Crippen LogP contribution in [0.2, 0.25) is 0 Å². The van der Waals surface area contributed by atoms with Gasteiger partial charge in [-0.05, 0) is 16.7 Å². The van der Waals surface area contributed by atoms with Crippen molar-refractivity contribution in [1.82, 2.24) is 20.9 Å². The summed E-state index contributed by atoms with van der Waals surface area (Å²) in [6.07, 6.45) is 0. The zero-order valence-corrected chi connectivity index (χ0v) is 24.6. The maximum Gasteiger partial charge on any atom is 0.353 e. The lowest BCUT2D eigenvalue weighted by molar-refractivity contribution is -0.151. The number of carboxylic acid groups (broad SMARTS) is 1. The molecule has 0 radical (unpaired) electrons. The van der Waals surface area contributed by atoms with Crippen LogP contribution in [0.15, 0.2) is 102 Å². The summed E-state index contributed by atoms with van der Waals surface area (Å²) in [4.78, 5) is 66.4. The quantitative estimate of drug-likeness (QED) is 0.212. The minimum Gasteiger partial charge on any atom is -0.477 e. The summed E-state index contributed by atoms with van der Waals surface area (Å²) in [5, 5.41) is 17.0. The number of carboxylic acids is 1. The highest BCUT2D eigenvalue weighted by molar-refractivity contribution is 8.00. The van der Waals surface area contributed by atoms with Gasteiger partial charge in [-0.25, -0.2) is 4.79 Å². The number of halogens is 1. The van der Waals surface area contributed by atoms with Crippen LogP contribution in [0.25, 0.3) is 0 Å². The molecule has 4 amide bonds. The van der Waals surface area contributed by atoms with Crippen molar-refractivity contribution in [3.63, 3.8) is 0 Å². The van der Waals surface area contributed by atoms with Crippen LogP contribution in [0.3, 0.4) is 0 Å². The minimum absolute atomic E-state index is 0.0345. The van der Waals surface area contributed by atoms with E-state index in [1.165, 1.54) is 11.8 Å². The summed E-state index contributed by atoms with van der Waals surface area (Å²) in [6, 6.07) is 21.0. The molecule has 11 nitrogen and oxygen atoms in total. The molecule has 1 fully saturated rings. The molecule has 0 spiro atoms. The molecule has 13 heteroatoms. The molecule has 0 aliphatic carbocycles. The molecule has 3 aromatic carbocycles. The number of amides is 4. The first kappa shape index (κ1) is 30.8. The first-order chi connectivity index (χ1) is 21.2. The molecule has 2 aliphatic heterocycles. The van der Waals surface area contributed by atoms with E-state index in [1.807, 2.05) is 0 Å². The number of nitrogens with one attached hydrogen (secondary N) is 3. The van der Waals surface area contributed by atoms with Gasteiger partial charge in [-0.3, -0.25) is 24.1 Å². The summed E-state index contributed by atoms with van der Waals surface area (Å²) in [7, 11) is 0. The third kappa shape index (κ3) is 6.32.